The molecule has 0 radical (unpaired) electrons. The van der Waals surface area contributed by atoms with Crippen molar-refractivity contribution in [3.05, 3.63) is 57.6 Å². The van der Waals surface area contributed by atoms with Crippen molar-refractivity contribution in [3.8, 4) is 0 Å². The highest BCUT2D eigenvalue weighted by molar-refractivity contribution is 6.35. The molecule has 0 aliphatic heterocycles. The standard InChI is InChI=1S/C21H19Cl2F3N2O2/c22-15-6-13(7-16(23)10-15)20(30)28-18-9-14(21(24,25)26)8-17(11-18)27-19(29)12-4-2-1-3-5-12/h6-12H,1-5H2,(H,27,29)(H,28,30). The van der Waals surface area contributed by atoms with E-state index >= 15 is 0 Å². The first-order chi connectivity index (χ1) is 14.1. The van der Waals surface area contributed by atoms with Crippen molar-refractivity contribution in [2.24, 2.45) is 5.92 Å². The third kappa shape index (κ3) is 5.89. The van der Waals surface area contributed by atoms with Gasteiger partial charge in [0.2, 0.25) is 5.91 Å². The molecule has 0 aromatic heterocycles. The van der Waals surface area contributed by atoms with Crippen LogP contribution < -0.4 is 10.6 Å². The van der Waals surface area contributed by atoms with E-state index in [1.165, 1.54) is 24.3 Å². The van der Waals surface area contributed by atoms with Crippen molar-refractivity contribution in [1.82, 2.24) is 0 Å². The van der Waals surface area contributed by atoms with Crippen LogP contribution in [0, 0.1) is 5.92 Å². The van der Waals surface area contributed by atoms with Gasteiger partial charge in [-0.05, 0) is 49.2 Å². The lowest BCUT2D eigenvalue weighted by atomic mass is 9.88. The predicted octanol–water partition coefficient (Wildman–Crippen LogP) is 6.78. The summed E-state index contributed by atoms with van der Waals surface area (Å²) in [6.45, 7) is 0. The number of halogens is 5. The fourth-order valence-electron chi connectivity index (χ4n) is 3.43. The van der Waals surface area contributed by atoms with E-state index < -0.39 is 17.6 Å². The van der Waals surface area contributed by atoms with Crippen LogP contribution in [0.2, 0.25) is 10.0 Å². The van der Waals surface area contributed by atoms with E-state index in [0.717, 1.165) is 31.4 Å². The van der Waals surface area contributed by atoms with Crippen LogP contribution in [0.4, 0.5) is 24.5 Å². The van der Waals surface area contributed by atoms with Gasteiger partial charge < -0.3 is 10.6 Å². The van der Waals surface area contributed by atoms with Crippen LogP contribution in [0.3, 0.4) is 0 Å². The van der Waals surface area contributed by atoms with Crippen LogP contribution in [0.25, 0.3) is 0 Å². The molecule has 0 bridgehead atoms. The third-order valence-corrected chi connectivity index (χ3v) is 5.32. The minimum Gasteiger partial charge on any atom is -0.326 e. The minimum atomic E-state index is -4.65. The van der Waals surface area contributed by atoms with E-state index in [1.807, 2.05) is 0 Å². The lowest BCUT2D eigenvalue weighted by Crippen LogP contribution is -2.25. The Kier molecular flexibility index (Phi) is 6.93. The normalized spacial score (nSPS) is 15.0. The van der Waals surface area contributed by atoms with Gasteiger partial charge in [0.05, 0.1) is 5.56 Å². The number of nitrogens with one attached hydrogen (secondary N) is 2. The van der Waals surface area contributed by atoms with Crippen molar-refractivity contribution in [1.29, 1.82) is 0 Å². The summed E-state index contributed by atoms with van der Waals surface area (Å²) in [7, 11) is 0. The monoisotopic (exact) mass is 458 g/mol. The van der Waals surface area contributed by atoms with Crippen molar-refractivity contribution in [2.75, 3.05) is 10.6 Å². The van der Waals surface area contributed by atoms with Gasteiger partial charge in [0, 0.05) is 32.9 Å². The molecule has 1 aliphatic carbocycles. The van der Waals surface area contributed by atoms with Crippen LogP contribution in [0.5, 0.6) is 0 Å². The summed E-state index contributed by atoms with van der Waals surface area (Å²) < 4.78 is 40.0. The maximum Gasteiger partial charge on any atom is 0.416 e. The summed E-state index contributed by atoms with van der Waals surface area (Å²) in [6, 6.07) is 7.08. The maximum atomic E-state index is 13.3. The van der Waals surface area contributed by atoms with E-state index in [4.69, 9.17) is 23.2 Å². The van der Waals surface area contributed by atoms with Gasteiger partial charge in [0.25, 0.3) is 5.91 Å². The molecule has 1 saturated carbocycles. The average Bonchev–Trinajstić information content (AvgIpc) is 2.67. The molecule has 9 heteroatoms. The lowest BCUT2D eigenvalue weighted by Gasteiger charge is -2.21. The van der Waals surface area contributed by atoms with Gasteiger partial charge in [0.15, 0.2) is 0 Å². The quantitative estimate of drug-likeness (QED) is 0.530. The number of hydrogen-bond donors (Lipinski definition) is 2. The highest BCUT2D eigenvalue weighted by Crippen LogP contribution is 2.34. The second kappa shape index (κ2) is 9.27. The maximum absolute atomic E-state index is 13.3. The zero-order valence-corrected chi connectivity index (χ0v) is 17.3. The van der Waals surface area contributed by atoms with Gasteiger partial charge in [-0.25, -0.2) is 0 Å². The molecule has 0 unspecified atom stereocenters. The molecule has 2 amide bonds. The zero-order valence-electron chi connectivity index (χ0n) is 15.8. The Morgan fingerprint density at radius 1 is 0.833 bits per heavy atom. The van der Waals surface area contributed by atoms with Gasteiger partial charge in [-0.15, -0.1) is 0 Å². The summed E-state index contributed by atoms with van der Waals surface area (Å²) in [5.74, 6) is -1.21. The second-order valence-electron chi connectivity index (χ2n) is 7.23. The predicted molar refractivity (Wildman–Crippen MR) is 111 cm³/mol. The first-order valence-electron chi connectivity index (χ1n) is 9.42. The molecule has 30 heavy (non-hydrogen) atoms. The van der Waals surface area contributed by atoms with Crippen molar-refractivity contribution in [3.63, 3.8) is 0 Å². The first-order valence-corrected chi connectivity index (χ1v) is 10.2. The van der Waals surface area contributed by atoms with Crippen molar-refractivity contribution >= 4 is 46.4 Å². The topological polar surface area (TPSA) is 58.2 Å². The summed E-state index contributed by atoms with van der Waals surface area (Å²) >= 11 is 11.8. The van der Waals surface area contributed by atoms with E-state index in [0.29, 0.717) is 12.8 Å². The zero-order chi connectivity index (χ0) is 21.9. The average molecular weight is 459 g/mol. The summed E-state index contributed by atoms with van der Waals surface area (Å²) in [4.78, 5) is 24.9. The second-order valence-corrected chi connectivity index (χ2v) is 8.11. The van der Waals surface area contributed by atoms with Gasteiger partial charge in [-0.2, -0.15) is 13.2 Å². The van der Waals surface area contributed by atoms with Crippen LogP contribution >= 0.6 is 23.2 Å². The van der Waals surface area contributed by atoms with Crippen LogP contribution in [-0.4, -0.2) is 11.8 Å². The molecule has 0 spiro atoms. The molecular formula is C21H19Cl2F3N2O2. The number of anilines is 2. The Morgan fingerprint density at radius 2 is 1.40 bits per heavy atom. The largest absolute Gasteiger partial charge is 0.416 e. The highest BCUT2D eigenvalue weighted by Gasteiger charge is 2.32. The molecule has 2 aromatic rings. The molecule has 0 heterocycles. The highest BCUT2D eigenvalue weighted by atomic mass is 35.5. The fourth-order valence-corrected chi connectivity index (χ4v) is 3.96. The van der Waals surface area contributed by atoms with Gasteiger partial charge in [-0.3, -0.25) is 9.59 Å². The number of carbonyl (C=O) groups is 2. The fraction of sp³-hybridized carbons (Fsp3) is 0.333. The smallest absolute Gasteiger partial charge is 0.326 e. The van der Waals surface area contributed by atoms with E-state index in [9.17, 15) is 22.8 Å². The Labute approximate surface area is 181 Å². The molecule has 1 fully saturated rings. The summed E-state index contributed by atoms with van der Waals surface area (Å²) in [6.07, 6.45) is -0.330. The Hall–Kier alpha value is -2.25. The van der Waals surface area contributed by atoms with Crippen LogP contribution in [-0.2, 0) is 11.0 Å². The minimum absolute atomic E-state index is 0.0279. The van der Waals surface area contributed by atoms with Crippen LogP contribution in [0.1, 0.15) is 48.0 Å². The molecule has 0 saturated heterocycles. The molecule has 3 rings (SSSR count). The number of amides is 2. The van der Waals surface area contributed by atoms with Crippen molar-refractivity contribution in [2.45, 2.75) is 38.3 Å². The molecule has 2 aromatic carbocycles. The number of hydrogen-bond acceptors (Lipinski definition) is 2. The molecular weight excluding hydrogens is 440 g/mol. The van der Waals surface area contributed by atoms with E-state index in [2.05, 4.69) is 10.6 Å². The molecule has 2 N–H and O–H groups in total. The summed E-state index contributed by atoms with van der Waals surface area (Å²) in [5.41, 5.74) is -1.02. The Balaban J connectivity index is 1.85. The third-order valence-electron chi connectivity index (χ3n) is 4.89. The van der Waals surface area contributed by atoms with Gasteiger partial charge in [0.1, 0.15) is 0 Å². The number of benzene rings is 2. The number of alkyl halides is 3. The molecule has 0 atom stereocenters. The lowest BCUT2D eigenvalue weighted by molar-refractivity contribution is -0.137. The number of carbonyl (C=O) groups excluding carboxylic acids is 2. The van der Waals surface area contributed by atoms with Crippen molar-refractivity contribution < 1.29 is 22.8 Å². The molecule has 1 aliphatic rings. The summed E-state index contributed by atoms with van der Waals surface area (Å²) in [5, 5.41) is 5.41. The van der Waals surface area contributed by atoms with Crippen LogP contribution in [0.15, 0.2) is 36.4 Å². The Morgan fingerprint density at radius 3 is 1.97 bits per heavy atom. The molecule has 4 nitrogen and oxygen atoms in total. The van der Waals surface area contributed by atoms with Gasteiger partial charge >= 0.3 is 6.18 Å². The van der Waals surface area contributed by atoms with Gasteiger partial charge in [-0.1, -0.05) is 42.5 Å². The number of rotatable bonds is 4. The Bertz CT molecular complexity index is 938. The SMILES string of the molecule is O=C(Nc1cc(NC(=O)C2CCCCC2)cc(C(F)(F)F)c1)c1cc(Cl)cc(Cl)c1. The van der Waals surface area contributed by atoms with E-state index in [1.54, 1.807) is 0 Å². The first kappa shape index (κ1) is 22.4. The molecule has 160 valence electrons. The van der Waals surface area contributed by atoms with E-state index in [-0.39, 0.29) is 38.8 Å².